The summed E-state index contributed by atoms with van der Waals surface area (Å²) in [6.45, 7) is 1.06. The standard InChI is InChI=1S/C19H20ClNO3S/c20-25(23,24)14-16-12-19(22)21(13-16)11-10-15-6-8-18(9-7-15)17-4-2-1-3-5-17/h1-9,16H,10-14H2. The van der Waals surface area contributed by atoms with Crippen molar-refractivity contribution in [1.82, 2.24) is 4.90 Å². The van der Waals surface area contributed by atoms with Gasteiger partial charge in [-0.25, -0.2) is 8.42 Å². The van der Waals surface area contributed by atoms with Crippen LogP contribution in [0.5, 0.6) is 0 Å². The van der Waals surface area contributed by atoms with Gasteiger partial charge in [-0.2, -0.15) is 0 Å². The lowest BCUT2D eigenvalue weighted by Gasteiger charge is -2.16. The van der Waals surface area contributed by atoms with E-state index in [4.69, 9.17) is 10.7 Å². The highest BCUT2D eigenvalue weighted by Gasteiger charge is 2.31. The predicted octanol–water partition coefficient (Wildman–Crippen LogP) is 3.31. The third-order valence-corrected chi connectivity index (χ3v) is 5.71. The van der Waals surface area contributed by atoms with Crippen LogP contribution in [-0.4, -0.2) is 38.1 Å². The van der Waals surface area contributed by atoms with Crippen molar-refractivity contribution in [2.45, 2.75) is 12.8 Å². The first-order valence-electron chi connectivity index (χ1n) is 8.25. The van der Waals surface area contributed by atoms with Crippen LogP contribution in [0.25, 0.3) is 11.1 Å². The Balaban J connectivity index is 1.56. The molecule has 0 spiro atoms. The van der Waals surface area contributed by atoms with Crippen LogP contribution in [0.4, 0.5) is 0 Å². The third-order valence-electron chi connectivity index (χ3n) is 4.46. The van der Waals surface area contributed by atoms with E-state index in [2.05, 4.69) is 36.4 Å². The number of nitrogens with zero attached hydrogens (tertiary/aromatic N) is 1. The number of likely N-dealkylation sites (tertiary alicyclic amines) is 1. The number of hydrogen-bond acceptors (Lipinski definition) is 3. The van der Waals surface area contributed by atoms with Crippen molar-refractivity contribution in [2.24, 2.45) is 5.92 Å². The molecule has 0 saturated carbocycles. The molecule has 1 unspecified atom stereocenters. The van der Waals surface area contributed by atoms with Crippen LogP contribution in [0.1, 0.15) is 12.0 Å². The molecule has 3 rings (SSSR count). The second-order valence-electron chi connectivity index (χ2n) is 6.43. The average Bonchev–Trinajstić information content (AvgIpc) is 2.91. The second-order valence-corrected chi connectivity index (χ2v) is 9.25. The van der Waals surface area contributed by atoms with Crippen molar-refractivity contribution in [3.8, 4) is 11.1 Å². The van der Waals surface area contributed by atoms with Crippen molar-refractivity contribution >= 4 is 25.6 Å². The molecule has 0 N–H and O–H groups in total. The quantitative estimate of drug-likeness (QED) is 0.726. The minimum absolute atomic E-state index is 0.00576. The summed E-state index contributed by atoms with van der Waals surface area (Å²) in [5, 5.41) is 0. The highest BCUT2D eigenvalue weighted by molar-refractivity contribution is 8.13. The molecule has 4 nitrogen and oxygen atoms in total. The summed E-state index contributed by atoms with van der Waals surface area (Å²) < 4.78 is 22.3. The van der Waals surface area contributed by atoms with Gasteiger partial charge >= 0.3 is 0 Å². The van der Waals surface area contributed by atoms with Gasteiger partial charge < -0.3 is 4.90 Å². The van der Waals surface area contributed by atoms with Crippen LogP contribution < -0.4 is 0 Å². The zero-order chi connectivity index (χ0) is 17.9. The van der Waals surface area contributed by atoms with Gasteiger partial charge in [-0.15, -0.1) is 0 Å². The number of hydrogen-bond donors (Lipinski definition) is 0. The molecule has 0 aromatic heterocycles. The van der Waals surface area contributed by atoms with E-state index < -0.39 is 9.05 Å². The van der Waals surface area contributed by atoms with Gasteiger partial charge in [-0.1, -0.05) is 54.6 Å². The number of benzene rings is 2. The lowest BCUT2D eigenvalue weighted by Crippen LogP contribution is -2.28. The first kappa shape index (κ1) is 18.0. The topological polar surface area (TPSA) is 54.5 Å². The van der Waals surface area contributed by atoms with Crippen LogP contribution in [0.15, 0.2) is 54.6 Å². The van der Waals surface area contributed by atoms with Crippen molar-refractivity contribution < 1.29 is 13.2 Å². The molecule has 1 aliphatic rings. The largest absolute Gasteiger partial charge is 0.342 e. The Morgan fingerprint density at radius 2 is 1.64 bits per heavy atom. The molecular formula is C19H20ClNO3S. The van der Waals surface area contributed by atoms with E-state index >= 15 is 0 Å². The third kappa shape index (κ3) is 5.06. The molecule has 1 saturated heterocycles. The number of amides is 1. The van der Waals surface area contributed by atoms with Crippen LogP contribution in [0.2, 0.25) is 0 Å². The summed E-state index contributed by atoms with van der Waals surface area (Å²) in [7, 11) is 1.73. The Morgan fingerprint density at radius 3 is 2.28 bits per heavy atom. The predicted molar refractivity (Wildman–Crippen MR) is 99.9 cm³/mol. The van der Waals surface area contributed by atoms with Gasteiger partial charge in [0.2, 0.25) is 15.0 Å². The summed E-state index contributed by atoms with van der Waals surface area (Å²) >= 11 is 0. The highest BCUT2D eigenvalue weighted by Crippen LogP contribution is 2.22. The van der Waals surface area contributed by atoms with Crippen molar-refractivity contribution in [1.29, 1.82) is 0 Å². The van der Waals surface area contributed by atoms with Crippen molar-refractivity contribution in [2.75, 3.05) is 18.8 Å². The van der Waals surface area contributed by atoms with E-state index in [1.54, 1.807) is 4.90 Å². The average molecular weight is 378 g/mol. The van der Waals surface area contributed by atoms with Gasteiger partial charge in [0.15, 0.2) is 0 Å². The maximum atomic E-state index is 12.0. The number of rotatable bonds is 6. The fraction of sp³-hybridized carbons (Fsp3) is 0.316. The molecule has 0 aliphatic carbocycles. The molecular weight excluding hydrogens is 358 g/mol. The Kier molecular flexibility index (Phi) is 5.45. The van der Waals surface area contributed by atoms with Crippen LogP contribution >= 0.6 is 10.7 Å². The van der Waals surface area contributed by atoms with E-state index in [-0.39, 0.29) is 24.0 Å². The SMILES string of the molecule is O=C1CC(CS(=O)(=O)Cl)CN1CCc1ccc(-c2ccccc2)cc1. The molecule has 25 heavy (non-hydrogen) atoms. The maximum absolute atomic E-state index is 12.0. The highest BCUT2D eigenvalue weighted by atomic mass is 35.7. The van der Waals surface area contributed by atoms with Crippen molar-refractivity contribution in [3.05, 3.63) is 60.2 Å². The first-order chi connectivity index (χ1) is 11.9. The zero-order valence-corrected chi connectivity index (χ0v) is 15.3. The minimum atomic E-state index is -3.56. The Labute approximate surface area is 152 Å². The molecule has 1 fully saturated rings. The van der Waals surface area contributed by atoms with Crippen LogP contribution in [0.3, 0.4) is 0 Å². The monoisotopic (exact) mass is 377 g/mol. The van der Waals surface area contributed by atoms with Gasteiger partial charge in [0, 0.05) is 36.1 Å². The summed E-state index contributed by atoms with van der Waals surface area (Å²) in [5.74, 6) is -0.329. The molecule has 6 heteroatoms. The second kappa shape index (κ2) is 7.58. The van der Waals surface area contributed by atoms with Gasteiger partial charge in [0.25, 0.3) is 0 Å². The lowest BCUT2D eigenvalue weighted by atomic mass is 10.0. The minimum Gasteiger partial charge on any atom is -0.342 e. The maximum Gasteiger partial charge on any atom is 0.232 e. The Hall–Kier alpha value is -1.85. The fourth-order valence-corrected chi connectivity index (χ4v) is 4.54. The van der Waals surface area contributed by atoms with Crippen molar-refractivity contribution in [3.63, 3.8) is 0 Å². The summed E-state index contributed by atoms with van der Waals surface area (Å²) in [4.78, 5) is 13.8. The molecule has 0 bridgehead atoms. The van der Waals surface area contributed by atoms with Gasteiger partial charge in [0.1, 0.15) is 0 Å². The number of halogens is 1. The van der Waals surface area contributed by atoms with Gasteiger partial charge in [0.05, 0.1) is 5.75 Å². The number of carbonyl (C=O) groups excluding carboxylic acids is 1. The van der Waals surface area contributed by atoms with E-state index in [9.17, 15) is 13.2 Å². The van der Waals surface area contributed by atoms with Crippen LogP contribution in [-0.2, 0) is 20.3 Å². The summed E-state index contributed by atoms with van der Waals surface area (Å²) in [6.07, 6.45) is 1.01. The zero-order valence-electron chi connectivity index (χ0n) is 13.8. The molecule has 2 aromatic carbocycles. The van der Waals surface area contributed by atoms with Crippen LogP contribution in [0, 0.1) is 5.92 Å². The van der Waals surface area contributed by atoms with E-state index in [0.29, 0.717) is 13.1 Å². The summed E-state index contributed by atoms with van der Waals surface area (Å²) in [6, 6.07) is 18.5. The normalized spacial score (nSPS) is 17.9. The van der Waals surface area contributed by atoms with E-state index in [1.165, 1.54) is 5.56 Å². The van der Waals surface area contributed by atoms with Gasteiger partial charge in [-0.3, -0.25) is 4.79 Å². The van der Waals surface area contributed by atoms with Gasteiger partial charge in [-0.05, 0) is 23.1 Å². The Morgan fingerprint density at radius 1 is 1.00 bits per heavy atom. The molecule has 2 aromatic rings. The first-order valence-corrected chi connectivity index (χ1v) is 10.7. The molecule has 1 amide bonds. The molecule has 1 heterocycles. The molecule has 1 aliphatic heterocycles. The smallest absolute Gasteiger partial charge is 0.232 e. The molecule has 0 radical (unpaired) electrons. The molecule has 1 atom stereocenters. The Bertz CT molecular complexity index is 835. The lowest BCUT2D eigenvalue weighted by molar-refractivity contribution is -0.127. The molecule has 132 valence electrons. The fourth-order valence-electron chi connectivity index (χ4n) is 3.22. The number of carbonyl (C=O) groups is 1. The van der Waals surface area contributed by atoms with E-state index in [0.717, 1.165) is 17.5 Å². The van der Waals surface area contributed by atoms with E-state index in [1.807, 2.05) is 18.2 Å². The summed E-state index contributed by atoms with van der Waals surface area (Å²) in [5.41, 5.74) is 3.49.